The Bertz CT molecular complexity index is 309. The quantitative estimate of drug-likeness (QED) is 0.319. The van der Waals surface area contributed by atoms with E-state index in [4.69, 9.17) is 35.2 Å². The summed E-state index contributed by atoms with van der Waals surface area (Å²) in [7, 11) is 0. The van der Waals surface area contributed by atoms with Crippen LogP contribution in [-0.2, 0) is 35.2 Å². The van der Waals surface area contributed by atoms with E-state index in [1.165, 1.54) is 0 Å². The van der Waals surface area contributed by atoms with Gasteiger partial charge in [-0.25, -0.2) is 0 Å². The van der Waals surface area contributed by atoms with Crippen molar-refractivity contribution >= 4 is 14.6 Å². The van der Waals surface area contributed by atoms with Gasteiger partial charge in [0.25, 0.3) is 0 Å². The maximum absolute atomic E-state index is 5.43. The summed E-state index contributed by atoms with van der Waals surface area (Å²) in [6.07, 6.45) is 0. The third kappa shape index (κ3) is 15.0. The van der Waals surface area contributed by atoms with Crippen molar-refractivity contribution in [2.75, 3.05) is 0 Å². The Morgan fingerprint density at radius 3 is 0.640 bits per heavy atom. The first kappa shape index (κ1) is 25.2. The van der Waals surface area contributed by atoms with E-state index < -0.39 is 37.0 Å². The van der Waals surface area contributed by atoms with Crippen LogP contribution in [0.25, 0.3) is 0 Å². The van der Waals surface area contributed by atoms with E-state index in [2.05, 4.69) is 0 Å². The predicted octanol–water partition coefficient (Wildman–Crippen LogP) is 4.41. The van der Waals surface area contributed by atoms with Crippen LogP contribution in [0.2, 0.25) is 0 Å². The first-order chi connectivity index (χ1) is 10.8. The zero-order valence-corrected chi connectivity index (χ0v) is 19.9. The van der Waals surface area contributed by atoms with Gasteiger partial charge >= 0.3 is 155 Å². The van der Waals surface area contributed by atoms with Crippen LogP contribution in [0.5, 0.6) is 0 Å². The van der Waals surface area contributed by atoms with Crippen molar-refractivity contribution in [2.24, 2.45) is 0 Å². The molecule has 0 amide bonds. The van der Waals surface area contributed by atoms with Gasteiger partial charge in [0.05, 0.1) is 0 Å². The van der Waals surface area contributed by atoms with E-state index in [1.54, 1.807) is 83.1 Å². The molecule has 0 radical (unpaired) electrons. The molecule has 0 aliphatic heterocycles. The Balaban J connectivity index is 5.41. The van der Waals surface area contributed by atoms with Crippen LogP contribution in [-0.4, -0.2) is 37.0 Å². The number of hydrogen-bond acceptors (Lipinski definition) is 8. The Morgan fingerprint density at radius 2 is 0.520 bits per heavy atom. The standard InChI is InChI=1S/C16H36GeO8/c1-13(2,3)18-22-17(23-19-14(4,5)6,24-20-15(7,8)9)25-21-16(10,11)12/h1-12H3. The average molecular weight is 429 g/mol. The van der Waals surface area contributed by atoms with Crippen molar-refractivity contribution < 1.29 is 35.2 Å². The summed E-state index contributed by atoms with van der Waals surface area (Å²) in [4.78, 5) is 21.4. The van der Waals surface area contributed by atoms with Crippen LogP contribution in [0.4, 0.5) is 0 Å². The minimum atomic E-state index is -4.74. The van der Waals surface area contributed by atoms with Crippen LogP contribution in [0, 0.1) is 0 Å². The van der Waals surface area contributed by atoms with Gasteiger partial charge in [-0.05, 0) is 0 Å². The summed E-state index contributed by atoms with van der Waals surface area (Å²) in [6, 6.07) is 0. The van der Waals surface area contributed by atoms with Gasteiger partial charge in [0.1, 0.15) is 0 Å². The fourth-order valence-corrected chi connectivity index (χ4v) is 4.09. The molecule has 0 spiro atoms. The molecular weight excluding hydrogens is 393 g/mol. The molecule has 0 aromatic carbocycles. The topological polar surface area (TPSA) is 73.8 Å². The van der Waals surface area contributed by atoms with Gasteiger partial charge in [-0.2, -0.15) is 0 Å². The second-order valence-corrected chi connectivity index (χ2v) is 13.1. The summed E-state index contributed by atoms with van der Waals surface area (Å²) in [5.74, 6) is 0. The third-order valence-corrected chi connectivity index (χ3v) is 3.99. The predicted molar refractivity (Wildman–Crippen MR) is 93.4 cm³/mol. The Kier molecular flexibility index (Phi) is 9.02. The third-order valence-electron chi connectivity index (χ3n) is 1.57. The summed E-state index contributed by atoms with van der Waals surface area (Å²) < 4.78 is 21.7. The summed E-state index contributed by atoms with van der Waals surface area (Å²) in [5.41, 5.74) is -2.56. The fourth-order valence-electron chi connectivity index (χ4n) is 0.787. The maximum atomic E-state index is 5.43. The van der Waals surface area contributed by atoms with Gasteiger partial charge in [-0.3, -0.25) is 0 Å². The van der Waals surface area contributed by atoms with E-state index in [9.17, 15) is 0 Å². The molecule has 0 aromatic heterocycles. The number of hydrogen-bond donors (Lipinski definition) is 0. The van der Waals surface area contributed by atoms with Gasteiger partial charge in [0.15, 0.2) is 0 Å². The van der Waals surface area contributed by atoms with Crippen LogP contribution in [0.1, 0.15) is 83.1 Å². The van der Waals surface area contributed by atoms with E-state index in [0.29, 0.717) is 0 Å². The molecule has 0 fully saturated rings. The second-order valence-electron chi connectivity index (χ2n) is 9.62. The van der Waals surface area contributed by atoms with Gasteiger partial charge in [0.2, 0.25) is 0 Å². The molecule has 0 saturated heterocycles. The van der Waals surface area contributed by atoms with Crippen molar-refractivity contribution in [1.82, 2.24) is 0 Å². The zero-order chi connectivity index (χ0) is 20.2. The minimum absolute atomic E-state index is 0.641. The molecule has 25 heavy (non-hydrogen) atoms. The normalized spacial score (nSPS) is 14.9. The summed E-state index contributed by atoms with van der Waals surface area (Å²) in [6.45, 7) is 21.7. The molecule has 0 aliphatic carbocycles. The van der Waals surface area contributed by atoms with Crippen LogP contribution in [0.15, 0.2) is 0 Å². The molecule has 0 rings (SSSR count). The fraction of sp³-hybridized carbons (Fsp3) is 1.00. The van der Waals surface area contributed by atoms with Crippen molar-refractivity contribution in [2.45, 2.75) is 105 Å². The first-order valence-electron chi connectivity index (χ1n) is 8.30. The van der Waals surface area contributed by atoms with Crippen molar-refractivity contribution in [3.05, 3.63) is 0 Å². The van der Waals surface area contributed by atoms with E-state index in [0.717, 1.165) is 0 Å². The zero-order valence-electron chi connectivity index (χ0n) is 17.8. The molecule has 0 N–H and O–H groups in total. The molecule has 152 valence electrons. The Morgan fingerprint density at radius 1 is 0.360 bits per heavy atom. The molecule has 0 aliphatic rings. The molecular formula is C16H36GeO8. The average Bonchev–Trinajstić information content (AvgIpc) is 2.33. The van der Waals surface area contributed by atoms with Gasteiger partial charge < -0.3 is 0 Å². The van der Waals surface area contributed by atoms with Crippen molar-refractivity contribution in [3.63, 3.8) is 0 Å². The molecule has 0 saturated carbocycles. The number of rotatable bonds is 8. The first-order valence-corrected chi connectivity index (χ1v) is 11.7. The van der Waals surface area contributed by atoms with Crippen LogP contribution in [0.3, 0.4) is 0 Å². The molecule has 0 bridgehead atoms. The molecule has 9 heteroatoms. The summed E-state index contributed by atoms with van der Waals surface area (Å²) in [5, 5.41) is 0. The van der Waals surface area contributed by atoms with E-state index in [1.807, 2.05) is 0 Å². The monoisotopic (exact) mass is 430 g/mol. The summed E-state index contributed by atoms with van der Waals surface area (Å²) >= 11 is -4.74. The van der Waals surface area contributed by atoms with Gasteiger partial charge in [0, 0.05) is 0 Å². The second kappa shape index (κ2) is 8.94. The molecule has 0 heterocycles. The van der Waals surface area contributed by atoms with E-state index in [-0.39, 0.29) is 0 Å². The van der Waals surface area contributed by atoms with Crippen molar-refractivity contribution in [3.8, 4) is 0 Å². The molecule has 0 aromatic rings. The Hall–Kier alpha value is 0.223. The van der Waals surface area contributed by atoms with Crippen LogP contribution >= 0.6 is 0 Å². The van der Waals surface area contributed by atoms with Crippen molar-refractivity contribution in [1.29, 1.82) is 0 Å². The SMILES string of the molecule is CC(C)(C)O[O][Ge]([O]OC(C)(C)C)([O]OC(C)(C)C)[O]OC(C)(C)C. The molecule has 0 atom stereocenters. The van der Waals surface area contributed by atoms with Gasteiger partial charge in [-0.1, -0.05) is 0 Å². The van der Waals surface area contributed by atoms with Gasteiger partial charge in [-0.15, -0.1) is 0 Å². The Labute approximate surface area is 155 Å². The van der Waals surface area contributed by atoms with Crippen LogP contribution < -0.4 is 0 Å². The van der Waals surface area contributed by atoms with E-state index >= 15 is 0 Å². The molecule has 0 unspecified atom stereocenters. The molecule has 8 nitrogen and oxygen atoms in total.